The van der Waals surface area contributed by atoms with Crippen LogP contribution in [0.25, 0.3) is 21.9 Å². The number of Topliss-reactive ketones (excluding diaryl/α,β-unsaturated/α-hetero) is 1. The molecule has 0 heterocycles. The Morgan fingerprint density at radius 1 is 0.750 bits per heavy atom. The van der Waals surface area contributed by atoms with E-state index in [1.165, 1.54) is 11.1 Å². The second-order valence-corrected chi connectivity index (χ2v) is 6.85. The first-order chi connectivity index (χ1) is 13.7. The van der Waals surface area contributed by atoms with Crippen molar-refractivity contribution in [2.24, 2.45) is 0 Å². The average molecular weight is 366 g/mol. The van der Waals surface area contributed by atoms with E-state index in [2.05, 4.69) is 36.4 Å². The molecule has 28 heavy (non-hydrogen) atoms. The number of ketones is 1. The first-order valence-electron chi connectivity index (χ1n) is 9.57. The number of rotatable bonds is 6. The van der Waals surface area contributed by atoms with Gasteiger partial charge >= 0.3 is 0 Å². The third kappa shape index (κ3) is 3.96. The number of carbonyl (C=O) groups is 1. The third-order valence-electron chi connectivity index (χ3n) is 4.92. The third-order valence-corrected chi connectivity index (χ3v) is 4.92. The highest BCUT2D eigenvalue weighted by Gasteiger charge is 2.05. The molecule has 0 atom stereocenters. The van der Waals surface area contributed by atoms with Crippen molar-refractivity contribution in [3.05, 3.63) is 102 Å². The van der Waals surface area contributed by atoms with Gasteiger partial charge in [-0.05, 0) is 45.7 Å². The van der Waals surface area contributed by atoms with E-state index >= 15 is 0 Å². The number of fused-ring (bicyclic) bond motifs is 1. The molecule has 4 aromatic rings. The molecule has 0 amide bonds. The van der Waals surface area contributed by atoms with Crippen LogP contribution in [0.2, 0.25) is 0 Å². The Kier molecular flexibility index (Phi) is 5.20. The second-order valence-electron chi connectivity index (χ2n) is 6.85. The molecule has 0 aromatic heterocycles. The Morgan fingerprint density at radius 2 is 1.43 bits per heavy atom. The van der Waals surface area contributed by atoms with Gasteiger partial charge in [0.25, 0.3) is 0 Å². The minimum atomic E-state index is 0.168. The summed E-state index contributed by atoms with van der Waals surface area (Å²) in [6.07, 6.45) is 0.524. The molecular weight excluding hydrogens is 344 g/mol. The Labute approximate surface area is 165 Å². The first-order valence-corrected chi connectivity index (χ1v) is 9.57. The lowest BCUT2D eigenvalue weighted by Crippen LogP contribution is -1.97. The topological polar surface area (TPSA) is 26.3 Å². The number of ether oxygens (including phenoxy) is 1. The van der Waals surface area contributed by atoms with Gasteiger partial charge in [-0.1, -0.05) is 79.7 Å². The molecule has 0 unspecified atom stereocenters. The van der Waals surface area contributed by atoms with Gasteiger partial charge in [-0.3, -0.25) is 4.79 Å². The van der Waals surface area contributed by atoms with Crippen LogP contribution in [0, 0.1) is 0 Å². The summed E-state index contributed by atoms with van der Waals surface area (Å²) >= 11 is 0. The maximum Gasteiger partial charge on any atom is 0.162 e. The summed E-state index contributed by atoms with van der Waals surface area (Å²) in [7, 11) is 0. The molecule has 138 valence electrons. The Bertz CT molecular complexity index is 1100. The van der Waals surface area contributed by atoms with Crippen molar-refractivity contribution in [3.63, 3.8) is 0 Å². The van der Waals surface area contributed by atoms with Gasteiger partial charge in [0, 0.05) is 12.0 Å². The Morgan fingerprint density at radius 3 is 2.18 bits per heavy atom. The number of benzene rings is 4. The quantitative estimate of drug-likeness (QED) is 0.356. The maximum atomic E-state index is 11.9. The van der Waals surface area contributed by atoms with E-state index in [0.717, 1.165) is 27.6 Å². The molecule has 0 N–H and O–H groups in total. The van der Waals surface area contributed by atoms with E-state index < -0.39 is 0 Å². The van der Waals surface area contributed by atoms with Crippen LogP contribution in [0.3, 0.4) is 0 Å². The predicted octanol–water partition coefficient (Wildman–Crippen LogP) is 6.68. The van der Waals surface area contributed by atoms with Crippen molar-refractivity contribution < 1.29 is 9.53 Å². The largest absolute Gasteiger partial charge is 0.489 e. The summed E-state index contributed by atoms with van der Waals surface area (Å²) in [6, 6.07) is 30.6. The first kappa shape index (κ1) is 18.0. The molecule has 0 radical (unpaired) electrons. The Hall–Kier alpha value is -3.39. The van der Waals surface area contributed by atoms with Gasteiger partial charge in [0.15, 0.2) is 5.78 Å². The zero-order valence-corrected chi connectivity index (χ0v) is 15.9. The van der Waals surface area contributed by atoms with Gasteiger partial charge in [-0.25, -0.2) is 0 Å². The smallest absolute Gasteiger partial charge is 0.162 e. The average Bonchev–Trinajstić information content (AvgIpc) is 2.77. The molecule has 0 fully saturated rings. The van der Waals surface area contributed by atoms with Crippen molar-refractivity contribution in [3.8, 4) is 16.9 Å². The van der Waals surface area contributed by atoms with Crippen molar-refractivity contribution >= 4 is 16.6 Å². The van der Waals surface area contributed by atoms with Crippen molar-refractivity contribution in [2.75, 3.05) is 0 Å². The SMILES string of the molecule is CCC(=O)c1ccc2cc(OCc3ccc(-c4ccccc4)cc3)ccc2c1. The standard InChI is InChI=1S/C26H22O2/c1-2-26(27)24-13-12-23-17-25(15-14-22(23)16-24)28-18-19-8-10-21(11-9-19)20-6-4-3-5-7-20/h3-17H,2,18H2,1H3. The van der Waals surface area contributed by atoms with Crippen LogP contribution < -0.4 is 4.74 Å². The molecule has 0 saturated carbocycles. The lowest BCUT2D eigenvalue weighted by atomic mass is 10.0. The summed E-state index contributed by atoms with van der Waals surface area (Å²) in [4.78, 5) is 11.9. The molecule has 0 aliphatic rings. The molecular formula is C26H22O2. The second kappa shape index (κ2) is 8.10. The summed E-state index contributed by atoms with van der Waals surface area (Å²) in [5.74, 6) is 0.996. The zero-order chi connectivity index (χ0) is 19.3. The molecule has 4 aromatic carbocycles. The summed E-state index contributed by atoms with van der Waals surface area (Å²) in [5, 5.41) is 2.13. The van der Waals surface area contributed by atoms with E-state index in [9.17, 15) is 4.79 Å². The van der Waals surface area contributed by atoms with Gasteiger partial charge in [-0.15, -0.1) is 0 Å². The highest BCUT2D eigenvalue weighted by Crippen LogP contribution is 2.24. The fourth-order valence-electron chi connectivity index (χ4n) is 3.28. The van der Waals surface area contributed by atoms with Gasteiger partial charge in [0.1, 0.15) is 12.4 Å². The highest BCUT2D eigenvalue weighted by molar-refractivity contribution is 5.99. The van der Waals surface area contributed by atoms with Crippen molar-refractivity contribution in [2.45, 2.75) is 20.0 Å². The number of carbonyl (C=O) groups excluding carboxylic acids is 1. The monoisotopic (exact) mass is 366 g/mol. The number of hydrogen-bond acceptors (Lipinski definition) is 2. The van der Waals surface area contributed by atoms with E-state index in [4.69, 9.17) is 4.74 Å². The normalized spacial score (nSPS) is 10.8. The van der Waals surface area contributed by atoms with E-state index in [1.54, 1.807) is 0 Å². The van der Waals surface area contributed by atoms with Crippen LogP contribution in [-0.2, 0) is 6.61 Å². The van der Waals surface area contributed by atoms with Gasteiger partial charge < -0.3 is 4.74 Å². The maximum absolute atomic E-state index is 11.9. The molecule has 0 saturated heterocycles. The fraction of sp³-hybridized carbons (Fsp3) is 0.115. The highest BCUT2D eigenvalue weighted by atomic mass is 16.5. The molecule has 0 bridgehead atoms. The molecule has 0 spiro atoms. The van der Waals surface area contributed by atoms with E-state index in [1.807, 2.05) is 61.5 Å². The van der Waals surface area contributed by atoms with Gasteiger partial charge in [0.05, 0.1) is 0 Å². The van der Waals surface area contributed by atoms with Crippen LogP contribution in [0.4, 0.5) is 0 Å². The summed E-state index contributed by atoms with van der Waals surface area (Å²) < 4.78 is 5.98. The molecule has 2 nitrogen and oxygen atoms in total. The summed E-state index contributed by atoms with van der Waals surface area (Å²) in [6.45, 7) is 2.41. The van der Waals surface area contributed by atoms with Crippen molar-refractivity contribution in [1.29, 1.82) is 0 Å². The van der Waals surface area contributed by atoms with Gasteiger partial charge in [-0.2, -0.15) is 0 Å². The molecule has 2 heteroatoms. The number of hydrogen-bond donors (Lipinski definition) is 0. The fourth-order valence-corrected chi connectivity index (χ4v) is 3.28. The molecule has 0 aliphatic heterocycles. The molecule has 0 aliphatic carbocycles. The summed E-state index contributed by atoms with van der Waals surface area (Å²) in [5.41, 5.74) is 4.31. The van der Waals surface area contributed by atoms with Crippen LogP contribution in [0.5, 0.6) is 5.75 Å². The minimum Gasteiger partial charge on any atom is -0.489 e. The van der Waals surface area contributed by atoms with Crippen LogP contribution >= 0.6 is 0 Å². The van der Waals surface area contributed by atoms with Crippen LogP contribution in [0.1, 0.15) is 29.3 Å². The minimum absolute atomic E-state index is 0.168. The lowest BCUT2D eigenvalue weighted by Gasteiger charge is -2.09. The van der Waals surface area contributed by atoms with E-state index in [0.29, 0.717) is 13.0 Å². The zero-order valence-electron chi connectivity index (χ0n) is 15.9. The lowest BCUT2D eigenvalue weighted by molar-refractivity contribution is 0.0988. The van der Waals surface area contributed by atoms with Crippen LogP contribution in [0.15, 0.2) is 91.0 Å². The Balaban J connectivity index is 1.45. The van der Waals surface area contributed by atoms with E-state index in [-0.39, 0.29) is 5.78 Å². The predicted molar refractivity (Wildman–Crippen MR) is 115 cm³/mol. The molecule has 4 rings (SSSR count). The van der Waals surface area contributed by atoms with Crippen molar-refractivity contribution in [1.82, 2.24) is 0 Å². The van der Waals surface area contributed by atoms with Gasteiger partial charge in [0.2, 0.25) is 0 Å². The van der Waals surface area contributed by atoms with Crippen LogP contribution in [-0.4, -0.2) is 5.78 Å².